The Morgan fingerprint density at radius 3 is 2.25 bits per heavy atom. The first-order chi connectivity index (χ1) is 11.5. The zero-order valence-corrected chi connectivity index (χ0v) is 13.6. The van der Waals surface area contributed by atoms with Crippen LogP contribution in [0.4, 0.5) is 10.1 Å². The van der Waals surface area contributed by atoms with E-state index < -0.39 is 17.4 Å². The number of anilines is 1. The number of hydrogen-bond acceptors (Lipinski definition) is 3. The van der Waals surface area contributed by atoms with E-state index >= 15 is 0 Å². The minimum Gasteiger partial charge on any atom is -0.388 e. The Bertz CT molecular complexity index is 591. The molecular weight excluding hydrogens is 311 g/mol. The van der Waals surface area contributed by atoms with Crippen LogP contribution in [0.5, 0.6) is 0 Å². The molecule has 1 aliphatic rings. The molecule has 2 amide bonds. The maximum atomic E-state index is 12.8. The fraction of sp³-hybridized carbons (Fsp3) is 0.444. The Morgan fingerprint density at radius 1 is 1.04 bits per heavy atom. The molecule has 2 rings (SSSR count). The summed E-state index contributed by atoms with van der Waals surface area (Å²) in [6.07, 6.45) is 7.74. The van der Waals surface area contributed by atoms with Gasteiger partial charge in [0.05, 0.1) is 5.60 Å². The Morgan fingerprint density at radius 2 is 1.62 bits per heavy atom. The molecule has 0 radical (unpaired) electrons. The van der Waals surface area contributed by atoms with Crippen molar-refractivity contribution in [2.24, 2.45) is 0 Å². The summed E-state index contributed by atoms with van der Waals surface area (Å²) in [7, 11) is 0. The standard InChI is InChI=1S/C18H23FN2O3/c19-14-5-7-15(8-6-14)21-17(23)10-9-16(22)20-13-18(24)11-3-1-2-4-12-18/h5-10,24H,1-4,11-13H2,(H,20,22)(H,21,23)/b10-9+. The molecule has 1 saturated carbocycles. The molecule has 0 aromatic heterocycles. The van der Waals surface area contributed by atoms with Crippen molar-refractivity contribution in [2.75, 3.05) is 11.9 Å². The van der Waals surface area contributed by atoms with E-state index in [0.717, 1.165) is 37.8 Å². The lowest BCUT2D eigenvalue weighted by Crippen LogP contribution is -2.42. The van der Waals surface area contributed by atoms with E-state index in [1.165, 1.54) is 24.3 Å². The molecule has 0 unspecified atom stereocenters. The van der Waals surface area contributed by atoms with Gasteiger partial charge in [0.1, 0.15) is 5.82 Å². The maximum absolute atomic E-state index is 12.8. The van der Waals surface area contributed by atoms with Gasteiger partial charge in [-0.25, -0.2) is 4.39 Å². The average Bonchev–Trinajstić information content (AvgIpc) is 2.78. The molecule has 1 aromatic carbocycles. The number of carbonyl (C=O) groups excluding carboxylic acids is 2. The molecule has 0 saturated heterocycles. The molecule has 1 aliphatic carbocycles. The second kappa shape index (κ2) is 8.59. The second-order valence-corrected chi connectivity index (χ2v) is 6.19. The molecule has 1 aromatic rings. The van der Waals surface area contributed by atoms with Gasteiger partial charge in [0.2, 0.25) is 11.8 Å². The van der Waals surface area contributed by atoms with Gasteiger partial charge in [0.25, 0.3) is 0 Å². The topological polar surface area (TPSA) is 78.4 Å². The summed E-state index contributed by atoms with van der Waals surface area (Å²) in [5.41, 5.74) is -0.407. The van der Waals surface area contributed by atoms with E-state index in [2.05, 4.69) is 10.6 Å². The largest absolute Gasteiger partial charge is 0.388 e. The maximum Gasteiger partial charge on any atom is 0.248 e. The highest BCUT2D eigenvalue weighted by molar-refractivity contribution is 6.03. The number of halogens is 1. The quantitative estimate of drug-likeness (QED) is 0.572. The molecule has 3 N–H and O–H groups in total. The van der Waals surface area contributed by atoms with Crippen molar-refractivity contribution in [2.45, 2.75) is 44.1 Å². The van der Waals surface area contributed by atoms with Crippen LogP contribution in [0, 0.1) is 5.82 Å². The fourth-order valence-corrected chi connectivity index (χ4v) is 2.74. The molecule has 1 fully saturated rings. The number of hydrogen-bond donors (Lipinski definition) is 3. The minimum absolute atomic E-state index is 0.190. The highest BCUT2D eigenvalue weighted by Gasteiger charge is 2.27. The van der Waals surface area contributed by atoms with Crippen LogP contribution >= 0.6 is 0 Å². The summed E-state index contributed by atoms with van der Waals surface area (Å²) in [6, 6.07) is 5.34. The van der Waals surface area contributed by atoms with Gasteiger partial charge < -0.3 is 15.7 Å². The predicted octanol–water partition coefficient (Wildman–Crippen LogP) is 2.52. The smallest absolute Gasteiger partial charge is 0.248 e. The van der Waals surface area contributed by atoms with Gasteiger partial charge in [-0.1, -0.05) is 25.7 Å². The lowest BCUT2D eigenvalue weighted by atomic mass is 9.94. The zero-order valence-electron chi connectivity index (χ0n) is 13.6. The lowest BCUT2D eigenvalue weighted by molar-refractivity contribution is -0.118. The molecule has 0 aliphatic heterocycles. The third kappa shape index (κ3) is 6.12. The van der Waals surface area contributed by atoms with Gasteiger partial charge in [0, 0.05) is 24.4 Å². The van der Waals surface area contributed by atoms with Crippen LogP contribution in [0.15, 0.2) is 36.4 Å². The van der Waals surface area contributed by atoms with Gasteiger partial charge in [-0.15, -0.1) is 0 Å². The lowest BCUT2D eigenvalue weighted by Gasteiger charge is -2.26. The van der Waals surface area contributed by atoms with Gasteiger partial charge in [0.15, 0.2) is 0 Å². The molecule has 5 nitrogen and oxygen atoms in total. The SMILES string of the molecule is O=C(/C=C/C(=O)Nc1ccc(F)cc1)NCC1(O)CCCCCC1. The van der Waals surface area contributed by atoms with Crippen LogP contribution in [-0.2, 0) is 9.59 Å². The first kappa shape index (κ1) is 18.1. The van der Waals surface area contributed by atoms with Gasteiger partial charge in [-0.2, -0.15) is 0 Å². The molecule has 0 bridgehead atoms. The first-order valence-electron chi connectivity index (χ1n) is 8.22. The fourth-order valence-electron chi connectivity index (χ4n) is 2.74. The van der Waals surface area contributed by atoms with Crippen molar-refractivity contribution in [3.63, 3.8) is 0 Å². The Kier molecular flexibility index (Phi) is 6.49. The van der Waals surface area contributed by atoms with Crippen LogP contribution in [-0.4, -0.2) is 29.1 Å². The molecule has 6 heteroatoms. The van der Waals surface area contributed by atoms with Crippen LogP contribution in [0.2, 0.25) is 0 Å². The molecule has 130 valence electrons. The monoisotopic (exact) mass is 334 g/mol. The summed E-state index contributed by atoms with van der Waals surface area (Å²) in [5, 5.41) is 15.6. The highest BCUT2D eigenvalue weighted by atomic mass is 19.1. The number of aliphatic hydroxyl groups is 1. The highest BCUT2D eigenvalue weighted by Crippen LogP contribution is 2.26. The molecular formula is C18H23FN2O3. The van der Waals surface area contributed by atoms with Crippen molar-refractivity contribution in [1.82, 2.24) is 5.32 Å². The summed E-state index contributed by atoms with van der Waals surface area (Å²) in [6.45, 7) is 0.190. The van der Waals surface area contributed by atoms with Crippen LogP contribution in [0.3, 0.4) is 0 Å². The molecule has 0 atom stereocenters. The summed E-state index contributed by atoms with van der Waals surface area (Å²) >= 11 is 0. The predicted molar refractivity (Wildman–Crippen MR) is 89.8 cm³/mol. The van der Waals surface area contributed by atoms with Gasteiger partial charge in [-0.3, -0.25) is 9.59 Å². The van der Waals surface area contributed by atoms with Crippen molar-refractivity contribution < 1.29 is 19.1 Å². The Balaban J connectivity index is 1.77. The van der Waals surface area contributed by atoms with E-state index in [-0.39, 0.29) is 12.4 Å². The third-order valence-electron chi connectivity index (χ3n) is 4.12. The van der Waals surface area contributed by atoms with Gasteiger partial charge >= 0.3 is 0 Å². The van der Waals surface area contributed by atoms with Crippen LogP contribution in [0.25, 0.3) is 0 Å². The van der Waals surface area contributed by atoms with Crippen molar-refractivity contribution in [1.29, 1.82) is 0 Å². The number of rotatable bonds is 5. The summed E-state index contributed by atoms with van der Waals surface area (Å²) in [5.74, 6) is -1.30. The van der Waals surface area contributed by atoms with Crippen LogP contribution < -0.4 is 10.6 Å². The number of nitrogens with one attached hydrogen (secondary N) is 2. The van der Waals surface area contributed by atoms with Gasteiger partial charge in [-0.05, 0) is 37.1 Å². The summed E-state index contributed by atoms with van der Waals surface area (Å²) in [4.78, 5) is 23.5. The van der Waals surface area contributed by atoms with Crippen LogP contribution in [0.1, 0.15) is 38.5 Å². The van der Waals surface area contributed by atoms with E-state index in [1.54, 1.807) is 0 Å². The number of carbonyl (C=O) groups is 2. The normalized spacial score (nSPS) is 17.2. The van der Waals surface area contributed by atoms with Crippen molar-refractivity contribution in [3.05, 3.63) is 42.2 Å². The second-order valence-electron chi connectivity index (χ2n) is 6.19. The summed E-state index contributed by atoms with van der Waals surface area (Å²) < 4.78 is 12.8. The molecule has 0 spiro atoms. The molecule has 24 heavy (non-hydrogen) atoms. The minimum atomic E-state index is -0.851. The van der Waals surface area contributed by atoms with E-state index in [9.17, 15) is 19.1 Å². The van der Waals surface area contributed by atoms with E-state index in [4.69, 9.17) is 0 Å². The Hall–Kier alpha value is -2.21. The van der Waals surface area contributed by atoms with Crippen molar-refractivity contribution in [3.8, 4) is 0 Å². The number of amides is 2. The Labute approximate surface area is 140 Å². The molecule has 0 heterocycles. The average molecular weight is 334 g/mol. The van der Waals surface area contributed by atoms with E-state index in [1.807, 2.05) is 0 Å². The van der Waals surface area contributed by atoms with Crippen molar-refractivity contribution >= 4 is 17.5 Å². The van der Waals surface area contributed by atoms with E-state index in [0.29, 0.717) is 18.5 Å². The first-order valence-corrected chi connectivity index (χ1v) is 8.22. The number of benzene rings is 1. The zero-order chi connectivity index (χ0) is 17.4. The third-order valence-corrected chi connectivity index (χ3v) is 4.12.